The van der Waals surface area contributed by atoms with E-state index >= 15 is 0 Å². The normalized spacial score (nSPS) is 28.4. The molecule has 0 spiro atoms. The number of carbonyl (C=O) groups is 2. The van der Waals surface area contributed by atoms with E-state index in [0.29, 0.717) is 19.4 Å². The van der Waals surface area contributed by atoms with Gasteiger partial charge in [-0.25, -0.2) is 9.69 Å². The minimum atomic E-state index is -0.908. The summed E-state index contributed by atoms with van der Waals surface area (Å²) in [6.45, 7) is 5.42. The van der Waals surface area contributed by atoms with Crippen LogP contribution in [0.2, 0.25) is 0 Å². The van der Waals surface area contributed by atoms with Crippen molar-refractivity contribution in [3.05, 3.63) is 0 Å². The molecule has 0 bridgehead atoms. The van der Waals surface area contributed by atoms with Crippen LogP contribution in [0.5, 0.6) is 0 Å². The van der Waals surface area contributed by atoms with Gasteiger partial charge in [0.2, 0.25) is 0 Å². The summed E-state index contributed by atoms with van der Waals surface area (Å²) >= 11 is 0. The van der Waals surface area contributed by atoms with Crippen LogP contribution in [0.25, 0.3) is 0 Å². The molecule has 2 saturated heterocycles. The van der Waals surface area contributed by atoms with E-state index in [9.17, 15) is 9.59 Å². The van der Waals surface area contributed by atoms with Gasteiger partial charge >= 0.3 is 6.09 Å². The van der Waals surface area contributed by atoms with E-state index in [2.05, 4.69) is 5.32 Å². The van der Waals surface area contributed by atoms with Crippen molar-refractivity contribution in [2.24, 2.45) is 0 Å². The Hall–Kier alpha value is -1.10. The molecule has 1 N–H and O–H groups in total. The van der Waals surface area contributed by atoms with Crippen LogP contribution in [-0.2, 0) is 9.53 Å². The van der Waals surface area contributed by atoms with Crippen LogP contribution in [0, 0.1) is 0 Å². The van der Waals surface area contributed by atoms with Crippen molar-refractivity contribution in [1.82, 2.24) is 10.2 Å². The van der Waals surface area contributed by atoms with E-state index in [4.69, 9.17) is 4.74 Å². The molecule has 5 nitrogen and oxygen atoms in total. The highest BCUT2D eigenvalue weighted by Crippen LogP contribution is 2.33. The topological polar surface area (TPSA) is 58.6 Å². The summed E-state index contributed by atoms with van der Waals surface area (Å²) in [6.07, 6.45) is 2.49. The zero-order valence-corrected chi connectivity index (χ0v) is 10.5. The predicted molar refractivity (Wildman–Crippen MR) is 62.5 cm³/mol. The second-order valence-electron chi connectivity index (χ2n) is 4.74. The summed E-state index contributed by atoms with van der Waals surface area (Å²) < 4.78 is 5.34. The van der Waals surface area contributed by atoms with Crippen LogP contribution in [0.15, 0.2) is 0 Å². The Morgan fingerprint density at radius 2 is 2.12 bits per heavy atom. The Bertz CT molecular complexity index is 320. The summed E-state index contributed by atoms with van der Waals surface area (Å²) in [7, 11) is 0. The standard InChI is InChI=1S/C12H20N2O3/c1-3-12(4-2)10(15)14(11(16)17-12)9-6-5-7-13-8-9/h9,13H,3-8H2,1-2H3/t9-/m0/s1. The van der Waals surface area contributed by atoms with Crippen molar-refractivity contribution in [1.29, 1.82) is 0 Å². The van der Waals surface area contributed by atoms with E-state index in [0.717, 1.165) is 19.4 Å². The van der Waals surface area contributed by atoms with Crippen LogP contribution in [-0.4, -0.2) is 41.6 Å². The molecule has 5 heteroatoms. The van der Waals surface area contributed by atoms with Gasteiger partial charge in [0.25, 0.3) is 5.91 Å². The first kappa shape index (κ1) is 12.4. The molecule has 0 radical (unpaired) electrons. The van der Waals surface area contributed by atoms with E-state index in [1.54, 1.807) is 0 Å². The fourth-order valence-corrected chi connectivity index (χ4v) is 2.63. The number of amides is 2. The first-order chi connectivity index (χ1) is 8.14. The molecule has 17 heavy (non-hydrogen) atoms. The Kier molecular flexibility index (Phi) is 3.38. The zero-order valence-electron chi connectivity index (χ0n) is 10.5. The van der Waals surface area contributed by atoms with E-state index in [1.807, 2.05) is 13.8 Å². The number of nitrogens with one attached hydrogen (secondary N) is 1. The summed E-state index contributed by atoms with van der Waals surface area (Å²) in [5.41, 5.74) is -0.908. The Balaban J connectivity index is 2.18. The minimum Gasteiger partial charge on any atom is -0.432 e. The number of nitrogens with zero attached hydrogens (tertiary/aromatic N) is 1. The largest absolute Gasteiger partial charge is 0.432 e. The van der Waals surface area contributed by atoms with Gasteiger partial charge in [-0.15, -0.1) is 0 Å². The predicted octanol–water partition coefficient (Wildman–Crippen LogP) is 1.28. The summed E-state index contributed by atoms with van der Waals surface area (Å²) in [5.74, 6) is -0.152. The Labute approximate surface area is 101 Å². The van der Waals surface area contributed by atoms with Gasteiger partial charge in [-0.05, 0) is 32.2 Å². The molecule has 0 aromatic rings. The van der Waals surface area contributed by atoms with Crippen molar-refractivity contribution in [3.63, 3.8) is 0 Å². The Morgan fingerprint density at radius 3 is 2.59 bits per heavy atom. The van der Waals surface area contributed by atoms with Gasteiger partial charge in [0, 0.05) is 6.54 Å². The van der Waals surface area contributed by atoms with Gasteiger partial charge < -0.3 is 10.1 Å². The van der Waals surface area contributed by atoms with Gasteiger partial charge in [-0.2, -0.15) is 0 Å². The highest BCUT2D eigenvalue weighted by Gasteiger charge is 2.53. The quantitative estimate of drug-likeness (QED) is 0.807. The second kappa shape index (κ2) is 4.64. The molecule has 2 rings (SSSR count). The van der Waals surface area contributed by atoms with E-state index in [-0.39, 0.29) is 11.9 Å². The average molecular weight is 240 g/mol. The van der Waals surface area contributed by atoms with Crippen molar-refractivity contribution in [2.75, 3.05) is 13.1 Å². The summed E-state index contributed by atoms with van der Waals surface area (Å²) in [5, 5.41) is 3.21. The smallest absolute Gasteiger partial charge is 0.418 e. The SMILES string of the molecule is CCC1(CC)OC(=O)N([C@H]2CCCNC2)C1=O. The minimum absolute atomic E-state index is 0.0382. The first-order valence-electron chi connectivity index (χ1n) is 6.42. The lowest BCUT2D eigenvalue weighted by Crippen LogP contribution is -2.50. The lowest BCUT2D eigenvalue weighted by molar-refractivity contribution is -0.138. The molecular weight excluding hydrogens is 220 g/mol. The molecule has 2 fully saturated rings. The Morgan fingerprint density at radius 1 is 1.41 bits per heavy atom. The molecule has 2 aliphatic heterocycles. The third-order valence-electron chi connectivity index (χ3n) is 3.87. The maximum Gasteiger partial charge on any atom is 0.418 e. The number of hydrogen-bond acceptors (Lipinski definition) is 4. The van der Waals surface area contributed by atoms with Crippen LogP contribution < -0.4 is 5.32 Å². The number of cyclic esters (lactones) is 1. The van der Waals surface area contributed by atoms with E-state index < -0.39 is 11.7 Å². The van der Waals surface area contributed by atoms with Crippen molar-refractivity contribution in [3.8, 4) is 0 Å². The lowest BCUT2D eigenvalue weighted by Gasteiger charge is -2.29. The maximum absolute atomic E-state index is 12.4. The van der Waals surface area contributed by atoms with Gasteiger partial charge in [0.05, 0.1) is 6.04 Å². The molecule has 1 atom stereocenters. The number of hydrogen-bond donors (Lipinski definition) is 1. The van der Waals surface area contributed by atoms with Gasteiger partial charge in [-0.1, -0.05) is 13.8 Å². The highest BCUT2D eigenvalue weighted by atomic mass is 16.6. The fourth-order valence-electron chi connectivity index (χ4n) is 2.63. The van der Waals surface area contributed by atoms with Crippen LogP contribution in [0.3, 0.4) is 0 Å². The van der Waals surface area contributed by atoms with Crippen molar-refractivity contribution < 1.29 is 14.3 Å². The van der Waals surface area contributed by atoms with Crippen LogP contribution in [0.1, 0.15) is 39.5 Å². The van der Waals surface area contributed by atoms with Gasteiger partial charge in [0.1, 0.15) is 0 Å². The zero-order chi connectivity index (χ0) is 12.5. The molecular formula is C12H20N2O3. The number of imide groups is 1. The number of rotatable bonds is 3. The average Bonchev–Trinajstić information content (AvgIpc) is 2.62. The van der Waals surface area contributed by atoms with Crippen LogP contribution in [0.4, 0.5) is 4.79 Å². The number of carbonyl (C=O) groups excluding carboxylic acids is 2. The third-order valence-corrected chi connectivity index (χ3v) is 3.87. The van der Waals surface area contributed by atoms with Crippen molar-refractivity contribution >= 4 is 12.0 Å². The number of piperidine rings is 1. The molecule has 0 aromatic heterocycles. The van der Waals surface area contributed by atoms with Crippen molar-refractivity contribution in [2.45, 2.75) is 51.2 Å². The second-order valence-corrected chi connectivity index (χ2v) is 4.74. The molecule has 0 aromatic carbocycles. The summed E-state index contributed by atoms with van der Waals surface area (Å²) in [4.78, 5) is 25.6. The van der Waals surface area contributed by atoms with E-state index in [1.165, 1.54) is 4.90 Å². The molecule has 2 amide bonds. The molecule has 0 aliphatic carbocycles. The molecule has 2 heterocycles. The third kappa shape index (κ3) is 1.92. The monoisotopic (exact) mass is 240 g/mol. The maximum atomic E-state index is 12.4. The molecule has 96 valence electrons. The van der Waals surface area contributed by atoms with Crippen LogP contribution >= 0.6 is 0 Å². The molecule has 2 aliphatic rings. The molecule has 0 unspecified atom stereocenters. The summed E-state index contributed by atoms with van der Waals surface area (Å²) in [6, 6.07) is -0.0382. The molecule has 0 saturated carbocycles. The number of ether oxygens (including phenoxy) is 1. The first-order valence-corrected chi connectivity index (χ1v) is 6.42. The fraction of sp³-hybridized carbons (Fsp3) is 0.833. The highest BCUT2D eigenvalue weighted by molar-refractivity contribution is 6.03. The van der Waals surface area contributed by atoms with Gasteiger partial charge in [0.15, 0.2) is 5.60 Å². The lowest BCUT2D eigenvalue weighted by atomic mass is 9.95. The van der Waals surface area contributed by atoms with Gasteiger partial charge in [-0.3, -0.25) is 4.79 Å².